The minimum atomic E-state index is -0.317. The third kappa shape index (κ3) is 3.37. The van der Waals surface area contributed by atoms with Gasteiger partial charge in [0.1, 0.15) is 16.1 Å². The van der Waals surface area contributed by atoms with E-state index in [0.717, 1.165) is 0 Å². The number of nitrogens with one attached hydrogen (secondary N) is 1. The summed E-state index contributed by atoms with van der Waals surface area (Å²) in [7, 11) is 0. The Morgan fingerprint density at radius 3 is 2.78 bits per heavy atom. The molecule has 2 aromatic rings. The summed E-state index contributed by atoms with van der Waals surface area (Å²) in [5.74, 6) is -0.608. The van der Waals surface area contributed by atoms with Gasteiger partial charge in [-0.05, 0) is 45.8 Å². The molecule has 0 saturated carbocycles. The largest absolute Gasteiger partial charge is 0.347 e. The minimum absolute atomic E-state index is 0.269. The Bertz CT molecular complexity index is 574. The molecule has 0 aliphatic rings. The number of carbonyl (C=O) groups excluding carboxylic acids is 1. The van der Waals surface area contributed by atoms with Gasteiger partial charge in [0.05, 0.1) is 0 Å². The third-order valence-electron chi connectivity index (χ3n) is 2.29. The molecule has 5 heteroatoms. The van der Waals surface area contributed by atoms with Crippen LogP contribution in [0.1, 0.15) is 16.1 Å². The van der Waals surface area contributed by atoms with Gasteiger partial charge in [-0.2, -0.15) is 0 Å². The smallest absolute Gasteiger partial charge is 0.270 e. The molecular formula is C13H10BrFN2O. The van der Waals surface area contributed by atoms with E-state index in [4.69, 9.17) is 0 Å². The van der Waals surface area contributed by atoms with Crippen LogP contribution in [0.5, 0.6) is 0 Å². The maximum atomic E-state index is 12.9. The standard InChI is InChI=1S/C13H10BrFN2O/c14-12-6-2-5-11(17-12)13(18)16-8-9-3-1-4-10(15)7-9/h1-7H,8H2,(H,16,18). The van der Waals surface area contributed by atoms with Crippen LogP contribution >= 0.6 is 15.9 Å². The Morgan fingerprint density at radius 1 is 1.28 bits per heavy atom. The molecule has 1 N–H and O–H groups in total. The Kier molecular flexibility index (Phi) is 4.04. The molecule has 0 radical (unpaired) electrons. The molecule has 0 unspecified atom stereocenters. The molecule has 0 spiro atoms. The zero-order valence-electron chi connectivity index (χ0n) is 9.36. The molecule has 0 bridgehead atoms. The average Bonchev–Trinajstić information content (AvgIpc) is 2.36. The summed E-state index contributed by atoms with van der Waals surface area (Å²) < 4.78 is 13.5. The fourth-order valence-electron chi connectivity index (χ4n) is 1.45. The third-order valence-corrected chi connectivity index (χ3v) is 2.73. The number of hydrogen-bond donors (Lipinski definition) is 1. The van der Waals surface area contributed by atoms with Crippen molar-refractivity contribution in [3.05, 3.63) is 64.1 Å². The quantitative estimate of drug-likeness (QED) is 0.886. The lowest BCUT2D eigenvalue weighted by molar-refractivity contribution is 0.0945. The zero-order valence-corrected chi connectivity index (χ0v) is 10.9. The van der Waals surface area contributed by atoms with Crippen molar-refractivity contribution in [3.8, 4) is 0 Å². The molecule has 3 nitrogen and oxygen atoms in total. The van der Waals surface area contributed by atoms with Crippen LogP contribution in [0.3, 0.4) is 0 Å². The molecule has 18 heavy (non-hydrogen) atoms. The van der Waals surface area contributed by atoms with Crippen LogP contribution in [0.2, 0.25) is 0 Å². The predicted octanol–water partition coefficient (Wildman–Crippen LogP) is 2.91. The van der Waals surface area contributed by atoms with Gasteiger partial charge in [0.25, 0.3) is 5.91 Å². The first kappa shape index (κ1) is 12.7. The number of nitrogens with zero attached hydrogens (tertiary/aromatic N) is 1. The maximum absolute atomic E-state index is 12.9. The topological polar surface area (TPSA) is 42.0 Å². The maximum Gasteiger partial charge on any atom is 0.270 e. The van der Waals surface area contributed by atoms with Gasteiger partial charge in [-0.1, -0.05) is 18.2 Å². The SMILES string of the molecule is O=C(NCc1cccc(F)c1)c1cccc(Br)n1. The molecule has 0 saturated heterocycles. The summed E-state index contributed by atoms with van der Waals surface area (Å²) >= 11 is 3.20. The summed E-state index contributed by atoms with van der Waals surface area (Å²) in [5, 5.41) is 2.68. The number of rotatable bonds is 3. The molecule has 0 aliphatic carbocycles. The summed E-state index contributed by atoms with van der Waals surface area (Å²) in [4.78, 5) is 15.8. The summed E-state index contributed by atoms with van der Waals surface area (Å²) in [6.07, 6.45) is 0. The van der Waals surface area contributed by atoms with Crippen molar-refractivity contribution in [2.24, 2.45) is 0 Å². The van der Waals surface area contributed by atoms with Crippen LogP contribution in [0.15, 0.2) is 47.1 Å². The van der Waals surface area contributed by atoms with E-state index in [9.17, 15) is 9.18 Å². The van der Waals surface area contributed by atoms with Gasteiger partial charge in [-0.25, -0.2) is 9.37 Å². The van der Waals surface area contributed by atoms with Crippen molar-refractivity contribution in [1.29, 1.82) is 0 Å². The van der Waals surface area contributed by atoms with E-state index < -0.39 is 0 Å². The molecule has 1 aromatic heterocycles. The second kappa shape index (κ2) is 5.73. The first-order valence-electron chi connectivity index (χ1n) is 5.30. The van der Waals surface area contributed by atoms with Crippen LogP contribution in [0.25, 0.3) is 0 Å². The van der Waals surface area contributed by atoms with Crippen molar-refractivity contribution in [1.82, 2.24) is 10.3 Å². The number of benzene rings is 1. The second-order valence-corrected chi connectivity index (χ2v) is 4.47. The fraction of sp³-hybridized carbons (Fsp3) is 0.0769. The molecule has 1 amide bonds. The minimum Gasteiger partial charge on any atom is -0.347 e. The van der Waals surface area contributed by atoms with Crippen molar-refractivity contribution in [2.75, 3.05) is 0 Å². The Morgan fingerprint density at radius 2 is 2.06 bits per heavy atom. The monoisotopic (exact) mass is 308 g/mol. The van der Waals surface area contributed by atoms with Gasteiger partial charge >= 0.3 is 0 Å². The van der Waals surface area contributed by atoms with E-state index in [-0.39, 0.29) is 18.3 Å². The lowest BCUT2D eigenvalue weighted by Gasteiger charge is -2.05. The number of amides is 1. The number of hydrogen-bond acceptors (Lipinski definition) is 2. The number of pyridine rings is 1. The van der Waals surface area contributed by atoms with E-state index in [1.54, 1.807) is 30.3 Å². The molecule has 92 valence electrons. The van der Waals surface area contributed by atoms with Crippen LogP contribution in [0.4, 0.5) is 4.39 Å². The van der Waals surface area contributed by atoms with Gasteiger partial charge in [-0.15, -0.1) is 0 Å². The van der Waals surface area contributed by atoms with Crippen LogP contribution in [0, 0.1) is 5.82 Å². The Labute approximate surface area is 112 Å². The van der Waals surface area contributed by atoms with Gasteiger partial charge in [0, 0.05) is 6.54 Å². The Balaban J connectivity index is 2.00. The van der Waals surface area contributed by atoms with Crippen molar-refractivity contribution in [2.45, 2.75) is 6.54 Å². The average molecular weight is 309 g/mol. The van der Waals surface area contributed by atoms with Crippen molar-refractivity contribution < 1.29 is 9.18 Å². The number of halogens is 2. The highest BCUT2D eigenvalue weighted by Gasteiger charge is 2.07. The van der Waals surface area contributed by atoms with Gasteiger partial charge in [-0.3, -0.25) is 4.79 Å². The fourth-order valence-corrected chi connectivity index (χ4v) is 1.80. The van der Waals surface area contributed by atoms with Gasteiger partial charge in [0.15, 0.2) is 0 Å². The van der Waals surface area contributed by atoms with Gasteiger partial charge < -0.3 is 5.32 Å². The van der Waals surface area contributed by atoms with Gasteiger partial charge in [0.2, 0.25) is 0 Å². The molecule has 0 aliphatic heterocycles. The van der Waals surface area contributed by atoms with E-state index in [1.807, 2.05) is 0 Å². The van der Waals surface area contributed by atoms with Crippen LogP contribution in [-0.2, 0) is 6.54 Å². The summed E-state index contributed by atoms with van der Waals surface area (Å²) in [6, 6.07) is 11.2. The van der Waals surface area contributed by atoms with E-state index in [1.165, 1.54) is 12.1 Å². The van der Waals surface area contributed by atoms with Crippen molar-refractivity contribution >= 4 is 21.8 Å². The lowest BCUT2D eigenvalue weighted by atomic mass is 10.2. The molecule has 0 fully saturated rings. The molecule has 0 atom stereocenters. The van der Waals surface area contributed by atoms with E-state index in [2.05, 4.69) is 26.2 Å². The number of carbonyl (C=O) groups is 1. The molecule has 2 rings (SSSR count). The Hall–Kier alpha value is -1.75. The highest BCUT2D eigenvalue weighted by molar-refractivity contribution is 9.10. The lowest BCUT2D eigenvalue weighted by Crippen LogP contribution is -2.23. The highest BCUT2D eigenvalue weighted by Crippen LogP contribution is 2.07. The van der Waals surface area contributed by atoms with Crippen molar-refractivity contribution in [3.63, 3.8) is 0 Å². The summed E-state index contributed by atoms with van der Waals surface area (Å²) in [5.41, 5.74) is 1.03. The normalized spacial score (nSPS) is 10.1. The first-order valence-corrected chi connectivity index (χ1v) is 6.09. The predicted molar refractivity (Wildman–Crippen MR) is 69.5 cm³/mol. The highest BCUT2D eigenvalue weighted by atomic mass is 79.9. The molecular weight excluding hydrogens is 299 g/mol. The molecule has 1 heterocycles. The zero-order chi connectivity index (χ0) is 13.0. The van der Waals surface area contributed by atoms with E-state index in [0.29, 0.717) is 15.9 Å². The molecule has 1 aromatic carbocycles. The first-order chi connectivity index (χ1) is 8.65. The number of aromatic nitrogens is 1. The summed E-state index contributed by atoms with van der Waals surface area (Å²) in [6.45, 7) is 0.269. The van der Waals surface area contributed by atoms with Crippen LogP contribution in [-0.4, -0.2) is 10.9 Å². The van der Waals surface area contributed by atoms with E-state index >= 15 is 0 Å². The second-order valence-electron chi connectivity index (χ2n) is 3.66. The van der Waals surface area contributed by atoms with Crippen LogP contribution < -0.4 is 5.32 Å².